The lowest BCUT2D eigenvalue weighted by atomic mass is 10.1. The summed E-state index contributed by atoms with van der Waals surface area (Å²) in [6, 6.07) is 6.52. The molecule has 2 aromatic rings. The van der Waals surface area contributed by atoms with Gasteiger partial charge in [-0.25, -0.2) is 0 Å². The van der Waals surface area contributed by atoms with Crippen LogP contribution in [0.4, 0.5) is 18.9 Å². The first kappa shape index (κ1) is 17.1. The van der Waals surface area contributed by atoms with Crippen LogP contribution in [0, 0.1) is 21.4 Å². The van der Waals surface area contributed by atoms with Crippen LogP contribution >= 0.6 is 0 Å². The zero-order valence-electron chi connectivity index (χ0n) is 11.9. The van der Waals surface area contributed by atoms with Crippen molar-refractivity contribution in [1.29, 1.82) is 5.26 Å². The van der Waals surface area contributed by atoms with Gasteiger partial charge >= 0.3 is 6.18 Å². The van der Waals surface area contributed by atoms with Crippen molar-refractivity contribution in [2.45, 2.75) is 12.7 Å². The Labute approximate surface area is 133 Å². The van der Waals surface area contributed by atoms with E-state index in [0.29, 0.717) is 17.7 Å². The van der Waals surface area contributed by atoms with E-state index in [1.165, 1.54) is 29.1 Å². The number of aromatic nitrogens is 1. The van der Waals surface area contributed by atoms with Crippen LogP contribution < -0.4 is 4.57 Å². The lowest BCUT2D eigenvalue weighted by Crippen LogP contribution is -2.37. The number of benzene rings is 1. The SMILES string of the molecule is N#Cc1cc[n+](CC(=O)c2cc([N+](=O)[O-])cc(C(F)(F)F)c2)cc1. The lowest BCUT2D eigenvalue weighted by molar-refractivity contribution is -0.683. The quantitative estimate of drug-likeness (QED) is 0.372. The lowest BCUT2D eigenvalue weighted by Gasteiger charge is -2.08. The molecule has 1 aromatic heterocycles. The molecular weight excluding hydrogens is 327 g/mol. The van der Waals surface area contributed by atoms with Gasteiger partial charge in [0.15, 0.2) is 12.4 Å². The zero-order valence-corrected chi connectivity index (χ0v) is 11.9. The van der Waals surface area contributed by atoms with Crippen molar-refractivity contribution < 1.29 is 27.5 Å². The van der Waals surface area contributed by atoms with Gasteiger partial charge in [0.1, 0.15) is 0 Å². The summed E-state index contributed by atoms with van der Waals surface area (Å²) >= 11 is 0. The van der Waals surface area contributed by atoms with E-state index in [0.717, 1.165) is 6.07 Å². The van der Waals surface area contributed by atoms with Crippen LogP contribution in [0.1, 0.15) is 21.5 Å². The number of nitro benzene ring substituents is 1. The molecule has 0 saturated heterocycles. The minimum Gasteiger partial charge on any atom is -0.287 e. The Hall–Kier alpha value is -3.28. The van der Waals surface area contributed by atoms with E-state index < -0.39 is 33.7 Å². The van der Waals surface area contributed by atoms with Gasteiger partial charge in [0.05, 0.1) is 22.1 Å². The van der Waals surface area contributed by atoms with E-state index in [-0.39, 0.29) is 6.54 Å². The second-order valence-corrected chi connectivity index (χ2v) is 4.82. The van der Waals surface area contributed by atoms with Crippen LogP contribution in [0.15, 0.2) is 42.7 Å². The van der Waals surface area contributed by atoms with Crippen LogP contribution in [-0.4, -0.2) is 10.7 Å². The molecule has 0 N–H and O–H groups in total. The molecule has 24 heavy (non-hydrogen) atoms. The monoisotopic (exact) mass is 336 g/mol. The van der Waals surface area contributed by atoms with Crippen molar-refractivity contribution in [2.75, 3.05) is 0 Å². The minimum absolute atomic E-state index is 0.315. The number of nitrogens with zero attached hydrogens (tertiary/aromatic N) is 3. The first-order valence-corrected chi connectivity index (χ1v) is 6.50. The summed E-state index contributed by atoms with van der Waals surface area (Å²) in [6.07, 6.45) is -1.97. The fourth-order valence-electron chi connectivity index (χ4n) is 1.94. The molecule has 6 nitrogen and oxygen atoms in total. The van der Waals surface area contributed by atoms with Crippen LogP contribution in [0.3, 0.4) is 0 Å². The van der Waals surface area contributed by atoms with Crippen molar-refractivity contribution in [3.63, 3.8) is 0 Å². The average Bonchev–Trinajstić information content (AvgIpc) is 2.54. The maximum atomic E-state index is 12.8. The topological polar surface area (TPSA) is 87.9 Å². The number of hydrogen-bond donors (Lipinski definition) is 0. The van der Waals surface area contributed by atoms with Crippen LogP contribution in [0.25, 0.3) is 0 Å². The number of carbonyl (C=O) groups excluding carboxylic acids is 1. The van der Waals surface area contributed by atoms with E-state index in [4.69, 9.17) is 5.26 Å². The maximum Gasteiger partial charge on any atom is 0.416 e. The second-order valence-electron chi connectivity index (χ2n) is 4.82. The van der Waals surface area contributed by atoms with Gasteiger partial charge in [-0.1, -0.05) is 0 Å². The summed E-state index contributed by atoms with van der Waals surface area (Å²) in [5, 5.41) is 19.5. The molecule has 122 valence electrons. The Morgan fingerprint density at radius 3 is 2.38 bits per heavy atom. The molecule has 0 amide bonds. The third kappa shape index (κ3) is 3.92. The summed E-state index contributed by atoms with van der Waals surface area (Å²) in [7, 11) is 0. The van der Waals surface area contributed by atoms with Gasteiger partial charge in [-0.2, -0.15) is 23.0 Å². The van der Waals surface area contributed by atoms with Gasteiger partial charge < -0.3 is 0 Å². The van der Waals surface area contributed by atoms with Crippen molar-refractivity contribution >= 4 is 11.5 Å². The standard InChI is InChI=1S/C15H9F3N3O3/c16-15(17,18)12-5-11(6-13(7-12)21(23)24)14(22)9-20-3-1-10(8-19)2-4-20/h1-7H,9H2/q+1. The maximum absolute atomic E-state index is 12.8. The number of Topliss-reactive ketones (excluding diaryl/α,β-unsaturated/α-hetero) is 1. The van der Waals surface area contributed by atoms with E-state index in [1.54, 1.807) is 0 Å². The number of non-ortho nitro benzene ring substituents is 1. The number of pyridine rings is 1. The Kier molecular flexibility index (Phi) is 4.59. The number of nitro groups is 1. The molecule has 0 saturated carbocycles. The molecule has 1 aromatic carbocycles. The Morgan fingerprint density at radius 2 is 1.88 bits per heavy atom. The smallest absolute Gasteiger partial charge is 0.287 e. The summed E-state index contributed by atoms with van der Waals surface area (Å²) in [5.74, 6) is -0.723. The minimum atomic E-state index is -4.80. The van der Waals surface area contributed by atoms with Crippen LogP contribution in [0.2, 0.25) is 0 Å². The molecular formula is C15H9F3N3O3+. The third-order valence-electron chi connectivity index (χ3n) is 3.12. The Balaban J connectivity index is 2.35. The molecule has 0 fully saturated rings. The van der Waals surface area contributed by atoms with Crippen molar-refractivity contribution in [3.8, 4) is 6.07 Å². The second kappa shape index (κ2) is 6.45. The fourth-order valence-corrected chi connectivity index (χ4v) is 1.94. The molecule has 0 bridgehead atoms. The Bertz CT molecular complexity index is 840. The molecule has 0 aliphatic heterocycles. The summed E-state index contributed by atoms with van der Waals surface area (Å²) in [5.41, 5.74) is -2.12. The van der Waals surface area contributed by atoms with E-state index in [9.17, 15) is 28.1 Å². The van der Waals surface area contributed by atoms with Gasteiger partial charge in [-0.15, -0.1) is 0 Å². The molecule has 0 aliphatic carbocycles. The predicted octanol–water partition coefficient (Wildman–Crippen LogP) is 2.66. The number of nitriles is 1. The number of ketones is 1. The van der Waals surface area contributed by atoms with E-state index in [1.807, 2.05) is 6.07 Å². The zero-order chi connectivity index (χ0) is 17.9. The van der Waals surface area contributed by atoms with Crippen LogP contribution in [0.5, 0.6) is 0 Å². The van der Waals surface area contributed by atoms with Gasteiger partial charge in [0.25, 0.3) is 5.69 Å². The predicted molar refractivity (Wildman–Crippen MR) is 73.8 cm³/mol. The normalized spacial score (nSPS) is 10.9. The van der Waals surface area contributed by atoms with Gasteiger partial charge in [0.2, 0.25) is 12.3 Å². The van der Waals surface area contributed by atoms with Crippen molar-refractivity contribution in [1.82, 2.24) is 0 Å². The average molecular weight is 336 g/mol. The highest BCUT2D eigenvalue weighted by Crippen LogP contribution is 2.32. The molecule has 0 aliphatic rings. The molecule has 9 heteroatoms. The number of alkyl halides is 3. The van der Waals surface area contributed by atoms with Crippen molar-refractivity contribution in [2.24, 2.45) is 0 Å². The van der Waals surface area contributed by atoms with Gasteiger partial charge in [0, 0.05) is 29.8 Å². The highest BCUT2D eigenvalue weighted by Gasteiger charge is 2.33. The number of halogens is 3. The molecule has 0 atom stereocenters. The van der Waals surface area contributed by atoms with Gasteiger partial charge in [-0.3, -0.25) is 14.9 Å². The molecule has 0 radical (unpaired) electrons. The van der Waals surface area contributed by atoms with Crippen molar-refractivity contribution in [3.05, 3.63) is 69.5 Å². The first-order valence-electron chi connectivity index (χ1n) is 6.50. The molecule has 2 rings (SSSR count). The molecule has 0 spiro atoms. The highest BCUT2D eigenvalue weighted by atomic mass is 19.4. The molecule has 0 unspecified atom stereocenters. The van der Waals surface area contributed by atoms with Crippen LogP contribution in [-0.2, 0) is 12.7 Å². The third-order valence-corrected chi connectivity index (χ3v) is 3.12. The number of rotatable bonds is 4. The fraction of sp³-hybridized carbons (Fsp3) is 0.133. The van der Waals surface area contributed by atoms with E-state index in [2.05, 4.69) is 0 Å². The summed E-state index contributed by atoms with van der Waals surface area (Å²) < 4.78 is 39.8. The largest absolute Gasteiger partial charge is 0.416 e. The summed E-state index contributed by atoms with van der Waals surface area (Å²) in [4.78, 5) is 21.9. The number of hydrogen-bond acceptors (Lipinski definition) is 4. The summed E-state index contributed by atoms with van der Waals surface area (Å²) in [6.45, 7) is -0.315. The molecule has 1 heterocycles. The van der Waals surface area contributed by atoms with Gasteiger partial charge in [-0.05, 0) is 6.07 Å². The number of carbonyl (C=O) groups is 1. The highest BCUT2D eigenvalue weighted by molar-refractivity contribution is 5.95. The first-order chi connectivity index (χ1) is 11.2. The van der Waals surface area contributed by atoms with E-state index >= 15 is 0 Å². The Morgan fingerprint density at radius 1 is 1.25 bits per heavy atom.